The lowest BCUT2D eigenvalue weighted by atomic mass is 10.2. The summed E-state index contributed by atoms with van der Waals surface area (Å²) in [6.07, 6.45) is 1.68. The van der Waals surface area contributed by atoms with Crippen molar-refractivity contribution in [3.63, 3.8) is 0 Å². The summed E-state index contributed by atoms with van der Waals surface area (Å²) in [6, 6.07) is 0. The van der Waals surface area contributed by atoms with Gasteiger partial charge in [-0.1, -0.05) is 34.6 Å². The summed E-state index contributed by atoms with van der Waals surface area (Å²) in [5, 5.41) is 0. The molecule has 0 rings (SSSR count). The van der Waals surface area contributed by atoms with Crippen molar-refractivity contribution in [2.24, 2.45) is 11.8 Å². The van der Waals surface area contributed by atoms with Gasteiger partial charge >= 0.3 is 11.9 Å². The van der Waals surface area contributed by atoms with E-state index in [1.165, 1.54) is 6.08 Å². The molecule has 0 radical (unpaired) electrons. The molecule has 4 heteroatoms. The lowest BCUT2D eigenvalue weighted by molar-refractivity contribution is -0.142. The molecule has 0 aromatic heterocycles. The Kier molecular flexibility index (Phi) is 8.08. The second kappa shape index (κ2) is 8.72. The van der Waals surface area contributed by atoms with Crippen molar-refractivity contribution in [3.05, 3.63) is 11.6 Å². The van der Waals surface area contributed by atoms with Gasteiger partial charge in [-0.25, -0.2) is 9.59 Å². The Labute approximate surface area is 109 Å². The summed E-state index contributed by atoms with van der Waals surface area (Å²) in [6.45, 7) is 10.3. The zero-order valence-corrected chi connectivity index (χ0v) is 12.0. The fraction of sp³-hybridized carbons (Fsp3) is 0.714. The number of carbonyl (C=O) groups excluding carboxylic acids is 2. The van der Waals surface area contributed by atoms with Crippen LogP contribution in [0.4, 0.5) is 0 Å². The van der Waals surface area contributed by atoms with Crippen LogP contribution in [0.1, 0.15) is 41.0 Å². The highest BCUT2D eigenvalue weighted by molar-refractivity contribution is 5.96. The first-order valence-corrected chi connectivity index (χ1v) is 6.41. The number of esters is 2. The van der Waals surface area contributed by atoms with Gasteiger partial charge in [0.15, 0.2) is 0 Å². The summed E-state index contributed by atoms with van der Waals surface area (Å²) < 4.78 is 10.1. The molecule has 0 aromatic rings. The Balaban J connectivity index is 4.37. The fourth-order valence-electron chi connectivity index (χ4n) is 1.07. The van der Waals surface area contributed by atoms with Crippen molar-refractivity contribution in [1.82, 2.24) is 0 Å². The third-order valence-electron chi connectivity index (χ3n) is 2.04. The molecule has 0 heterocycles. The van der Waals surface area contributed by atoms with Gasteiger partial charge in [-0.15, -0.1) is 0 Å². The summed E-state index contributed by atoms with van der Waals surface area (Å²) in [7, 11) is 0. The van der Waals surface area contributed by atoms with E-state index in [4.69, 9.17) is 9.47 Å². The van der Waals surface area contributed by atoms with Gasteiger partial charge in [0.1, 0.15) is 0 Å². The number of rotatable bonds is 7. The van der Waals surface area contributed by atoms with E-state index in [1.807, 2.05) is 27.7 Å². The number of hydrogen-bond donors (Lipinski definition) is 0. The molecule has 0 fully saturated rings. The second-order valence-electron chi connectivity index (χ2n) is 5.04. The molecule has 104 valence electrons. The Morgan fingerprint density at radius 3 is 1.94 bits per heavy atom. The monoisotopic (exact) mass is 256 g/mol. The maximum absolute atomic E-state index is 11.7. The van der Waals surface area contributed by atoms with Gasteiger partial charge in [0.25, 0.3) is 0 Å². The molecule has 0 N–H and O–H groups in total. The van der Waals surface area contributed by atoms with E-state index < -0.39 is 11.9 Å². The number of ether oxygens (including phenoxy) is 2. The normalized spacial score (nSPS) is 11.8. The van der Waals surface area contributed by atoms with E-state index >= 15 is 0 Å². The SMILES string of the molecule is CC/C(=C/C(=O)OCC(C)C)C(=O)OCC(C)C. The first-order chi connectivity index (χ1) is 8.36. The molecule has 0 bridgehead atoms. The highest BCUT2D eigenvalue weighted by atomic mass is 16.5. The Bertz CT molecular complexity index is 303. The Morgan fingerprint density at radius 2 is 1.50 bits per heavy atom. The lowest BCUT2D eigenvalue weighted by Gasteiger charge is -2.09. The zero-order chi connectivity index (χ0) is 14.1. The molecule has 0 aliphatic heterocycles. The van der Waals surface area contributed by atoms with E-state index in [1.54, 1.807) is 6.92 Å². The molecule has 0 atom stereocenters. The highest BCUT2D eigenvalue weighted by Gasteiger charge is 2.12. The van der Waals surface area contributed by atoms with Gasteiger partial charge in [0.2, 0.25) is 0 Å². The number of carbonyl (C=O) groups is 2. The third-order valence-corrected chi connectivity index (χ3v) is 2.04. The highest BCUT2D eigenvalue weighted by Crippen LogP contribution is 2.06. The minimum Gasteiger partial charge on any atom is -0.462 e. The molecule has 0 saturated heterocycles. The third kappa shape index (κ3) is 7.87. The molecule has 0 unspecified atom stereocenters. The minimum absolute atomic E-state index is 0.278. The Hall–Kier alpha value is -1.32. The molecular formula is C14H24O4. The molecule has 0 saturated carbocycles. The maximum atomic E-state index is 11.7. The molecule has 18 heavy (non-hydrogen) atoms. The van der Waals surface area contributed by atoms with Gasteiger partial charge in [-0.05, 0) is 18.3 Å². The maximum Gasteiger partial charge on any atom is 0.334 e. The van der Waals surface area contributed by atoms with Crippen molar-refractivity contribution in [2.45, 2.75) is 41.0 Å². The molecule has 4 nitrogen and oxygen atoms in total. The van der Waals surface area contributed by atoms with Crippen LogP contribution in [0.3, 0.4) is 0 Å². The van der Waals surface area contributed by atoms with Crippen LogP contribution in [-0.4, -0.2) is 25.2 Å². The minimum atomic E-state index is -0.484. The van der Waals surface area contributed by atoms with Crippen LogP contribution in [0, 0.1) is 11.8 Å². The van der Waals surface area contributed by atoms with E-state index in [0.717, 1.165) is 0 Å². The summed E-state index contributed by atoms with van der Waals surface area (Å²) in [4.78, 5) is 23.1. The lowest BCUT2D eigenvalue weighted by Crippen LogP contribution is -2.14. The second-order valence-corrected chi connectivity index (χ2v) is 5.04. The molecular weight excluding hydrogens is 232 g/mol. The molecule has 0 aliphatic carbocycles. The average molecular weight is 256 g/mol. The van der Waals surface area contributed by atoms with Crippen molar-refractivity contribution < 1.29 is 19.1 Å². The van der Waals surface area contributed by atoms with Crippen molar-refractivity contribution >= 4 is 11.9 Å². The Morgan fingerprint density at radius 1 is 1.00 bits per heavy atom. The van der Waals surface area contributed by atoms with Gasteiger partial charge < -0.3 is 9.47 Å². The van der Waals surface area contributed by atoms with Crippen LogP contribution in [0.25, 0.3) is 0 Å². The smallest absolute Gasteiger partial charge is 0.334 e. The molecule has 0 aliphatic rings. The first kappa shape index (κ1) is 16.7. The largest absolute Gasteiger partial charge is 0.462 e. The topological polar surface area (TPSA) is 52.6 Å². The molecule has 0 spiro atoms. The predicted molar refractivity (Wildman–Crippen MR) is 70.0 cm³/mol. The first-order valence-electron chi connectivity index (χ1n) is 6.41. The van der Waals surface area contributed by atoms with Gasteiger partial charge in [-0.3, -0.25) is 0 Å². The van der Waals surface area contributed by atoms with Crippen LogP contribution in [0.2, 0.25) is 0 Å². The van der Waals surface area contributed by atoms with Crippen LogP contribution in [-0.2, 0) is 19.1 Å². The quantitative estimate of drug-likeness (QED) is 0.519. The van der Waals surface area contributed by atoms with E-state index in [0.29, 0.717) is 25.2 Å². The standard InChI is InChI=1S/C14H24O4/c1-6-12(14(16)18-9-11(4)5)7-13(15)17-8-10(2)3/h7,10-11H,6,8-9H2,1-5H3/b12-7-. The molecule has 0 aromatic carbocycles. The van der Waals surface area contributed by atoms with Gasteiger partial charge in [0, 0.05) is 11.6 Å². The van der Waals surface area contributed by atoms with Crippen LogP contribution in [0.15, 0.2) is 11.6 Å². The average Bonchev–Trinajstić information content (AvgIpc) is 2.30. The van der Waals surface area contributed by atoms with E-state index in [9.17, 15) is 9.59 Å². The van der Waals surface area contributed by atoms with Crippen molar-refractivity contribution in [1.29, 1.82) is 0 Å². The summed E-state index contributed by atoms with van der Waals surface area (Å²) >= 11 is 0. The predicted octanol–water partition coefficient (Wildman–Crippen LogP) is 2.72. The fourth-order valence-corrected chi connectivity index (χ4v) is 1.07. The van der Waals surface area contributed by atoms with Gasteiger partial charge in [0.05, 0.1) is 13.2 Å². The van der Waals surface area contributed by atoms with Crippen molar-refractivity contribution in [2.75, 3.05) is 13.2 Å². The van der Waals surface area contributed by atoms with E-state index in [-0.39, 0.29) is 11.8 Å². The zero-order valence-electron chi connectivity index (χ0n) is 12.0. The molecule has 0 amide bonds. The van der Waals surface area contributed by atoms with Gasteiger partial charge in [-0.2, -0.15) is 0 Å². The summed E-state index contributed by atoms with van der Waals surface area (Å²) in [5.41, 5.74) is 0.351. The van der Waals surface area contributed by atoms with Crippen LogP contribution >= 0.6 is 0 Å². The number of hydrogen-bond acceptors (Lipinski definition) is 4. The summed E-state index contributed by atoms with van der Waals surface area (Å²) in [5.74, 6) is -0.366. The van der Waals surface area contributed by atoms with Crippen LogP contribution < -0.4 is 0 Å². The van der Waals surface area contributed by atoms with Crippen molar-refractivity contribution in [3.8, 4) is 0 Å². The van der Waals surface area contributed by atoms with E-state index in [2.05, 4.69) is 0 Å². The van der Waals surface area contributed by atoms with Crippen LogP contribution in [0.5, 0.6) is 0 Å².